The average molecular weight is 282 g/mol. The molecule has 0 aromatic heterocycles. The lowest BCUT2D eigenvalue weighted by Crippen LogP contribution is -2.05. The molecule has 106 valence electrons. The number of anilines is 1. The summed E-state index contributed by atoms with van der Waals surface area (Å²) in [7, 11) is 1.29. The van der Waals surface area contributed by atoms with Crippen molar-refractivity contribution >= 4 is 11.7 Å². The quantitative estimate of drug-likeness (QED) is 0.690. The predicted octanol–water partition coefficient (Wildman–Crippen LogP) is 3.03. The van der Waals surface area contributed by atoms with E-state index in [9.17, 15) is 4.79 Å². The van der Waals surface area contributed by atoms with Gasteiger partial charge in [-0.3, -0.25) is 0 Å². The SMILES string of the molecule is COC(=O)c1cc(Oc2cc(C#N)ccc2C)ccc1N. The Labute approximate surface area is 122 Å². The van der Waals surface area contributed by atoms with Gasteiger partial charge in [-0.05, 0) is 42.8 Å². The third-order valence-corrected chi connectivity index (χ3v) is 2.98. The molecule has 0 aliphatic rings. The van der Waals surface area contributed by atoms with E-state index in [1.165, 1.54) is 13.2 Å². The first-order chi connectivity index (χ1) is 10.0. The summed E-state index contributed by atoms with van der Waals surface area (Å²) in [6, 6.07) is 11.9. The van der Waals surface area contributed by atoms with E-state index < -0.39 is 5.97 Å². The summed E-state index contributed by atoms with van der Waals surface area (Å²) in [4.78, 5) is 11.6. The number of carbonyl (C=O) groups excluding carboxylic acids is 1. The van der Waals surface area contributed by atoms with E-state index in [0.717, 1.165) is 5.56 Å². The topological polar surface area (TPSA) is 85.3 Å². The van der Waals surface area contributed by atoms with E-state index in [4.69, 9.17) is 15.7 Å². The number of aryl methyl sites for hydroxylation is 1. The second kappa shape index (κ2) is 5.97. The third-order valence-electron chi connectivity index (χ3n) is 2.98. The summed E-state index contributed by atoms with van der Waals surface area (Å²) in [5.41, 5.74) is 7.67. The predicted molar refractivity (Wildman–Crippen MR) is 78.2 cm³/mol. The van der Waals surface area contributed by atoms with Crippen molar-refractivity contribution in [2.24, 2.45) is 0 Å². The molecule has 2 aromatic rings. The molecule has 0 saturated carbocycles. The van der Waals surface area contributed by atoms with Crippen molar-refractivity contribution in [1.29, 1.82) is 5.26 Å². The normalized spacial score (nSPS) is 9.76. The summed E-state index contributed by atoms with van der Waals surface area (Å²) in [5.74, 6) is 0.470. The number of nitriles is 1. The van der Waals surface area contributed by atoms with Gasteiger partial charge in [0.05, 0.1) is 24.3 Å². The van der Waals surface area contributed by atoms with Crippen molar-refractivity contribution in [1.82, 2.24) is 0 Å². The highest BCUT2D eigenvalue weighted by molar-refractivity contribution is 5.95. The maximum absolute atomic E-state index is 11.6. The van der Waals surface area contributed by atoms with Crippen LogP contribution in [0, 0.1) is 18.3 Å². The van der Waals surface area contributed by atoms with Gasteiger partial charge in [-0.1, -0.05) is 6.07 Å². The molecule has 2 aromatic carbocycles. The molecule has 5 heteroatoms. The zero-order valence-electron chi connectivity index (χ0n) is 11.7. The molecule has 5 nitrogen and oxygen atoms in total. The minimum Gasteiger partial charge on any atom is -0.465 e. The Kier molecular flexibility index (Phi) is 4.10. The zero-order chi connectivity index (χ0) is 15.4. The minimum absolute atomic E-state index is 0.240. The van der Waals surface area contributed by atoms with Gasteiger partial charge >= 0.3 is 5.97 Å². The first-order valence-electron chi connectivity index (χ1n) is 6.21. The maximum Gasteiger partial charge on any atom is 0.340 e. The number of hydrogen-bond acceptors (Lipinski definition) is 5. The second-order valence-corrected chi connectivity index (χ2v) is 4.43. The van der Waals surface area contributed by atoms with Crippen LogP contribution < -0.4 is 10.5 Å². The van der Waals surface area contributed by atoms with Gasteiger partial charge in [-0.2, -0.15) is 5.26 Å². The van der Waals surface area contributed by atoms with Crippen LogP contribution in [0.25, 0.3) is 0 Å². The molecule has 0 atom stereocenters. The Hall–Kier alpha value is -3.00. The van der Waals surface area contributed by atoms with E-state index >= 15 is 0 Å². The number of carbonyl (C=O) groups is 1. The lowest BCUT2D eigenvalue weighted by atomic mass is 10.1. The lowest BCUT2D eigenvalue weighted by Gasteiger charge is -2.11. The molecule has 0 spiro atoms. The third kappa shape index (κ3) is 3.12. The zero-order valence-corrected chi connectivity index (χ0v) is 11.7. The molecule has 0 aliphatic carbocycles. The number of methoxy groups -OCH3 is 1. The second-order valence-electron chi connectivity index (χ2n) is 4.43. The maximum atomic E-state index is 11.6. The molecular formula is C16H14N2O3. The largest absolute Gasteiger partial charge is 0.465 e. The Morgan fingerprint density at radius 1 is 1.24 bits per heavy atom. The van der Waals surface area contributed by atoms with Gasteiger partial charge < -0.3 is 15.2 Å². The highest BCUT2D eigenvalue weighted by Crippen LogP contribution is 2.28. The van der Waals surface area contributed by atoms with Crippen LogP contribution in [-0.2, 0) is 4.74 Å². The van der Waals surface area contributed by atoms with Crippen LogP contribution >= 0.6 is 0 Å². The number of nitrogens with zero attached hydrogens (tertiary/aromatic N) is 1. The van der Waals surface area contributed by atoms with Crippen LogP contribution in [0.1, 0.15) is 21.5 Å². The van der Waals surface area contributed by atoms with Crippen LogP contribution in [0.3, 0.4) is 0 Å². The summed E-state index contributed by atoms with van der Waals surface area (Å²) in [6.07, 6.45) is 0. The molecule has 0 amide bonds. The van der Waals surface area contributed by atoms with E-state index in [1.54, 1.807) is 30.3 Å². The molecule has 0 fully saturated rings. The van der Waals surface area contributed by atoms with Crippen LogP contribution in [0.4, 0.5) is 5.69 Å². The highest BCUT2D eigenvalue weighted by atomic mass is 16.5. The van der Waals surface area contributed by atoms with Crippen LogP contribution in [0.15, 0.2) is 36.4 Å². The molecule has 0 aliphatic heterocycles. The Balaban J connectivity index is 2.36. The van der Waals surface area contributed by atoms with Gasteiger partial charge in [0, 0.05) is 5.69 Å². The molecular weight excluding hydrogens is 268 g/mol. The van der Waals surface area contributed by atoms with Gasteiger partial charge in [0.1, 0.15) is 11.5 Å². The van der Waals surface area contributed by atoms with Crippen molar-refractivity contribution in [3.63, 3.8) is 0 Å². The van der Waals surface area contributed by atoms with Gasteiger partial charge in [-0.15, -0.1) is 0 Å². The number of hydrogen-bond donors (Lipinski definition) is 1. The van der Waals surface area contributed by atoms with Crippen LogP contribution in [-0.4, -0.2) is 13.1 Å². The highest BCUT2D eigenvalue weighted by Gasteiger charge is 2.12. The number of ether oxygens (including phenoxy) is 2. The average Bonchev–Trinajstić information content (AvgIpc) is 2.50. The van der Waals surface area contributed by atoms with Crippen molar-refractivity contribution in [2.75, 3.05) is 12.8 Å². The molecule has 2 N–H and O–H groups in total. The van der Waals surface area contributed by atoms with Gasteiger partial charge in [-0.25, -0.2) is 4.79 Å². The van der Waals surface area contributed by atoms with Crippen LogP contribution in [0.5, 0.6) is 11.5 Å². The van der Waals surface area contributed by atoms with Crippen LogP contribution in [0.2, 0.25) is 0 Å². The molecule has 0 bridgehead atoms. The fourth-order valence-corrected chi connectivity index (χ4v) is 1.79. The molecule has 0 unspecified atom stereocenters. The first-order valence-corrected chi connectivity index (χ1v) is 6.21. The van der Waals surface area contributed by atoms with E-state index in [1.807, 2.05) is 6.92 Å². The van der Waals surface area contributed by atoms with Gasteiger partial charge in [0.15, 0.2) is 0 Å². The number of nitrogens with two attached hydrogens (primary N) is 1. The van der Waals surface area contributed by atoms with Gasteiger partial charge in [0.25, 0.3) is 0 Å². The summed E-state index contributed by atoms with van der Waals surface area (Å²) in [5, 5.41) is 8.92. The number of nitrogen functional groups attached to an aromatic ring is 1. The number of benzene rings is 2. The van der Waals surface area contributed by atoms with Crippen molar-refractivity contribution in [2.45, 2.75) is 6.92 Å². The first kappa shape index (κ1) is 14.4. The fourth-order valence-electron chi connectivity index (χ4n) is 1.79. The Morgan fingerprint density at radius 3 is 2.67 bits per heavy atom. The Morgan fingerprint density at radius 2 is 2.00 bits per heavy atom. The standard InChI is InChI=1S/C16H14N2O3/c1-10-3-4-11(9-17)7-15(10)21-12-5-6-14(18)13(8-12)16(19)20-2/h3-8H,18H2,1-2H3. The molecule has 21 heavy (non-hydrogen) atoms. The number of esters is 1. The molecule has 0 saturated heterocycles. The minimum atomic E-state index is -0.527. The summed E-state index contributed by atoms with van der Waals surface area (Å²) < 4.78 is 10.4. The molecule has 0 radical (unpaired) electrons. The van der Waals surface area contributed by atoms with E-state index in [-0.39, 0.29) is 5.56 Å². The van der Waals surface area contributed by atoms with Crippen molar-refractivity contribution in [3.05, 3.63) is 53.1 Å². The fraction of sp³-hybridized carbons (Fsp3) is 0.125. The van der Waals surface area contributed by atoms with Gasteiger partial charge in [0.2, 0.25) is 0 Å². The monoisotopic (exact) mass is 282 g/mol. The molecule has 2 rings (SSSR count). The van der Waals surface area contributed by atoms with Crippen molar-refractivity contribution < 1.29 is 14.3 Å². The van der Waals surface area contributed by atoms with Crippen molar-refractivity contribution in [3.8, 4) is 17.6 Å². The summed E-state index contributed by atoms with van der Waals surface area (Å²) in [6.45, 7) is 1.87. The molecule has 0 heterocycles. The van der Waals surface area contributed by atoms with E-state index in [0.29, 0.717) is 22.7 Å². The number of rotatable bonds is 3. The Bertz CT molecular complexity index is 733. The summed E-state index contributed by atoms with van der Waals surface area (Å²) >= 11 is 0. The smallest absolute Gasteiger partial charge is 0.340 e. The van der Waals surface area contributed by atoms with E-state index in [2.05, 4.69) is 10.8 Å². The lowest BCUT2D eigenvalue weighted by molar-refractivity contribution is 0.0601.